The highest BCUT2D eigenvalue weighted by atomic mass is 35.5. The molecule has 0 N–H and O–H groups in total. The Morgan fingerprint density at radius 2 is 1.85 bits per heavy atom. The van der Waals surface area contributed by atoms with Crippen LogP contribution in [-0.2, 0) is 17.3 Å². The van der Waals surface area contributed by atoms with Crippen molar-refractivity contribution in [2.75, 3.05) is 13.0 Å². The summed E-state index contributed by atoms with van der Waals surface area (Å²) in [5.41, 5.74) is 1.60. The van der Waals surface area contributed by atoms with Gasteiger partial charge in [-0.2, -0.15) is 13.2 Å². The van der Waals surface area contributed by atoms with Gasteiger partial charge in [0.15, 0.2) is 0 Å². The lowest BCUT2D eigenvalue weighted by atomic mass is 10.1. The number of alkyl halides is 4. The zero-order valence-corrected chi connectivity index (χ0v) is 16.2. The maximum atomic E-state index is 13.2. The molecule has 3 rings (SSSR count). The van der Waals surface area contributed by atoms with Crippen LogP contribution in [0.15, 0.2) is 36.4 Å². The van der Waals surface area contributed by atoms with Gasteiger partial charge < -0.3 is 4.74 Å². The highest BCUT2D eigenvalue weighted by molar-refractivity contribution is 6.32. The molecule has 0 radical (unpaired) electrons. The second-order valence-electron chi connectivity index (χ2n) is 6.11. The fourth-order valence-corrected chi connectivity index (χ4v) is 3.39. The van der Waals surface area contributed by atoms with Crippen molar-refractivity contribution in [1.82, 2.24) is 9.55 Å². The third-order valence-corrected chi connectivity index (χ3v) is 4.87. The summed E-state index contributed by atoms with van der Waals surface area (Å²) in [6, 6.07) is 9.88. The zero-order valence-electron chi connectivity index (χ0n) is 14.6. The summed E-state index contributed by atoms with van der Waals surface area (Å²) in [5, 5.41) is -0.369. The molecule has 1 aromatic heterocycles. The van der Waals surface area contributed by atoms with Gasteiger partial charge in [0.05, 0.1) is 21.6 Å². The first-order chi connectivity index (χ1) is 12.8. The van der Waals surface area contributed by atoms with E-state index in [0.717, 1.165) is 23.7 Å². The highest BCUT2D eigenvalue weighted by Gasteiger charge is 2.34. The molecule has 0 aliphatic rings. The average molecular weight is 417 g/mol. The molecule has 0 saturated carbocycles. The van der Waals surface area contributed by atoms with Crippen molar-refractivity contribution < 1.29 is 17.9 Å². The van der Waals surface area contributed by atoms with Gasteiger partial charge in [0.1, 0.15) is 11.9 Å². The smallest absolute Gasteiger partial charge is 0.374 e. The number of aryl methyl sites for hydroxylation is 1. The fourth-order valence-electron chi connectivity index (χ4n) is 2.90. The van der Waals surface area contributed by atoms with E-state index in [0.29, 0.717) is 17.2 Å². The van der Waals surface area contributed by atoms with Crippen LogP contribution in [0.2, 0.25) is 5.02 Å². The molecule has 27 heavy (non-hydrogen) atoms. The number of ether oxygens (including phenoxy) is 1. The number of hydrogen-bond donors (Lipinski definition) is 0. The van der Waals surface area contributed by atoms with Gasteiger partial charge in [-0.05, 0) is 43.2 Å². The maximum Gasteiger partial charge on any atom is 0.417 e. The lowest BCUT2D eigenvalue weighted by molar-refractivity contribution is -0.137. The first-order valence-electron chi connectivity index (χ1n) is 8.23. The van der Waals surface area contributed by atoms with Crippen molar-refractivity contribution in [3.8, 4) is 5.69 Å². The lowest BCUT2D eigenvalue weighted by Gasteiger charge is -2.14. The van der Waals surface area contributed by atoms with Crippen LogP contribution < -0.4 is 0 Å². The Morgan fingerprint density at radius 3 is 2.41 bits per heavy atom. The van der Waals surface area contributed by atoms with Crippen LogP contribution in [0.3, 0.4) is 0 Å². The minimum atomic E-state index is -4.55. The normalized spacial score (nSPS) is 13.3. The number of aromatic nitrogens is 2. The van der Waals surface area contributed by atoms with Crippen molar-refractivity contribution >= 4 is 34.2 Å². The van der Waals surface area contributed by atoms with Gasteiger partial charge in [-0.1, -0.05) is 23.7 Å². The first-order valence-corrected chi connectivity index (χ1v) is 9.14. The van der Waals surface area contributed by atoms with E-state index in [9.17, 15) is 13.2 Å². The SMILES string of the molecule is COC(C)c1nc2cc(C(F)(F)F)c(Cl)cc2n1-c1ccc(CCCl)cc1. The minimum Gasteiger partial charge on any atom is -0.374 e. The van der Waals surface area contributed by atoms with Crippen LogP contribution in [0, 0.1) is 0 Å². The van der Waals surface area contributed by atoms with E-state index in [1.807, 2.05) is 24.3 Å². The summed E-state index contributed by atoms with van der Waals surface area (Å²) in [6.45, 7) is 1.78. The van der Waals surface area contributed by atoms with E-state index in [2.05, 4.69) is 4.98 Å². The van der Waals surface area contributed by atoms with E-state index in [-0.39, 0.29) is 10.5 Å². The monoisotopic (exact) mass is 416 g/mol. The van der Waals surface area contributed by atoms with E-state index in [1.165, 1.54) is 13.2 Å². The number of hydrogen-bond acceptors (Lipinski definition) is 2. The predicted molar refractivity (Wildman–Crippen MR) is 101 cm³/mol. The van der Waals surface area contributed by atoms with Crippen molar-refractivity contribution in [2.24, 2.45) is 0 Å². The molecule has 3 aromatic rings. The molecule has 1 unspecified atom stereocenters. The van der Waals surface area contributed by atoms with Crippen LogP contribution in [-0.4, -0.2) is 22.5 Å². The largest absolute Gasteiger partial charge is 0.417 e. The fraction of sp³-hybridized carbons (Fsp3) is 0.316. The average Bonchev–Trinajstić information content (AvgIpc) is 2.99. The van der Waals surface area contributed by atoms with E-state index in [1.54, 1.807) is 11.5 Å². The topological polar surface area (TPSA) is 27.1 Å². The zero-order chi connectivity index (χ0) is 19.8. The number of rotatable bonds is 5. The van der Waals surface area contributed by atoms with Gasteiger partial charge >= 0.3 is 6.18 Å². The Morgan fingerprint density at radius 1 is 1.19 bits per heavy atom. The summed E-state index contributed by atoms with van der Waals surface area (Å²) in [7, 11) is 1.52. The number of benzene rings is 2. The highest BCUT2D eigenvalue weighted by Crippen LogP contribution is 2.38. The molecule has 2 aromatic carbocycles. The number of halogens is 5. The maximum absolute atomic E-state index is 13.2. The Bertz CT molecular complexity index is 952. The van der Waals surface area contributed by atoms with E-state index >= 15 is 0 Å². The molecule has 3 nitrogen and oxygen atoms in total. The number of nitrogens with zero attached hydrogens (tertiary/aromatic N) is 2. The molecule has 144 valence electrons. The molecule has 0 aliphatic heterocycles. The second kappa shape index (κ2) is 7.70. The minimum absolute atomic E-state index is 0.204. The summed E-state index contributed by atoms with van der Waals surface area (Å²) >= 11 is 11.7. The van der Waals surface area contributed by atoms with Crippen molar-refractivity contribution in [1.29, 1.82) is 0 Å². The Balaban J connectivity index is 2.24. The molecule has 0 saturated heterocycles. The third-order valence-electron chi connectivity index (χ3n) is 4.37. The summed E-state index contributed by atoms with van der Waals surface area (Å²) < 4.78 is 46.7. The Hall–Kier alpha value is -1.76. The Labute approximate surface area is 164 Å². The number of methoxy groups -OCH3 is 1. The van der Waals surface area contributed by atoms with Crippen LogP contribution >= 0.6 is 23.2 Å². The van der Waals surface area contributed by atoms with Gasteiger partial charge in [0.2, 0.25) is 0 Å². The second-order valence-corrected chi connectivity index (χ2v) is 6.89. The van der Waals surface area contributed by atoms with Crippen LogP contribution in [0.5, 0.6) is 0 Å². The van der Waals surface area contributed by atoms with Gasteiger partial charge in [-0.15, -0.1) is 11.6 Å². The van der Waals surface area contributed by atoms with Crippen LogP contribution in [0.25, 0.3) is 16.7 Å². The van der Waals surface area contributed by atoms with E-state index in [4.69, 9.17) is 27.9 Å². The molecule has 0 fully saturated rings. The van der Waals surface area contributed by atoms with Crippen LogP contribution in [0.1, 0.15) is 30.0 Å². The molecule has 1 atom stereocenters. The molecule has 0 amide bonds. The number of fused-ring (bicyclic) bond motifs is 1. The standard InChI is InChI=1S/C19H17Cl2F3N2O/c1-11(27-2)18-25-16-9-14(19(22,23)24)15(21)10-17(16)26(18)13-5-3-12(4-6-13)7-8-20/h3-6,9-11H,7-8H2,1-2H3. The van der Waals surface area contributed by atoms with Crippen LogP contribution in [0.4, 0.5) is 13.2 Å². The van der Waals surface area contributed by atoms with Gasteiger partial charge in [0, 0.05) is 18.7 Å². The quantitative estimate of drug-likeness (QED) is 0.463. The Kier molecular flexibility index (Phi) is 5.70. The molecule has 0 spiro atoms. The molecule has 1 heterocycles. The molecule has 8 heteroatoms. The van der Waals surface area contributed by atoms with Crippen molar-refractivity contribution in [2.45, 2.75) is 25.6 Å². The van der Waals surface area contributed by atoms with Gasteiger partial charge in [0.25, 0.3) is 0 Å². The van der Waals surface area contributed by atoms with Gasteiger partial charge in [-0.3, -0.25) is 4.57 Å². The predicted octanol–water partition coefficient (Wildman–Crippen LogP) is 6.19. The summed E-state index contributed by atoms with van der Waals surface area (Å²) in [5.74, 6) is 1.00. The third kappa shape index (κ3) is 3.93. The van der Waals surface area contributed by atoms with Gasteiger partial charge in [-0.25, -0.2) is 4.98 Å². The number of imidazole rings is 1. The first kappa shape index (κ1) is 20.0. The molecular weight excluding hydrogens is 400 g/mol. The molecule has 0 bridgehead atoms. The lowest BCUT2D eigenvalue weighted by Crippen LogP contribution is -2.07. The van der Waals surface area contributed by atoms with Crippen molar-refractivity contribution in [3.63, 3.8) is 0 Å². The van der Waals surface area contributed by atoms with Crippen molar-refractivity contribution in [3.05, 3.63) is 58.4 Å². The summed E-state index contributed by atoms with van der Waals surface area (Å²) in [4.78, 5) is 4.39. The van der Waals surface area contributed by atoms with E-state index < -0.39 is 17.8 Å². The molecular formula is C19H17Cl2F3N2O. The summed E-state index contributed by atoms with van der Waals surface area (Å²) in [6.07, 6.45) is -4.24. The molecule has 0 aliphatic carbocycles.